The molecule has 0 spiro atoms. The molecule has 8 heteroatoms. The Balaban J connectivity index is 4.72. The van der Waals surface area contributed by atoms with Crippen molar-refractivity contribution in [3.8, 4) is 0 Å². The molecule has 2 unspecified atom stereocenters. The maximum atomic E-state index is 10.7. The van der Waals surface area contributed by atoms with E-state index in [1.165, 1.54) is 0 Å². The second-order valence-electron chi connectivity index (χ2n) is 2.37. The maximum absolute atomic E-state index is 10.7. The van der Waals surface area contributed by atoms with E-state index in [0.717, 1.165) is 11.8 Å². The number of carboxylic acid groups (broad SMARTS) is 1. The first kappa shape index (κ1) is 12.7. The zero-order valence-corrected chi connectivity index (χ0v) is 8.51. The largest absolute Gasteiger partial charge is 0.480 e. The third-order valence-corrected chi connectivity index (χ3v) is 3.53. The molecule has 0 saturated heterocycles. The molecule has 0 aromatic heterocycles. The SMILES string of the molecule is CSCC(C(N)C(=O)O)S(=O)(=O)O. The molecule has 0 amide bonds. The van der Waals surface area contributed by atoms with Crippen LogP contribution in [0, 0.1) is 0 Å². The van der Waals surface area contributed by atoms with Crippen molar-refractivity contribution in [2.45, 2.75) is 11.3 Å². The molecule has 4 N–H and O–H groups in total. The summed E-state index contributed by atoms with van der Waals surface area (Å²) in [5, 5.41) is 6.97. The smallest absolute Gasteiger partial charge is 0.321 e. The highest BCUT2D eigenvalue weighted by molar-refractivity contribution is 7.99. The predicted molar refractivity (Wildman–Crippen MR) is 49.3 cm³/mol. The number of thioether (sulfide) groups is 1. The third kappa shape index (κ3) is 3.94. The van der Waals surface area contributed by atoms with Crippen molar-refractivity contribution in [2.75, 3.05) is 12.0 Å². The van der Waals surface area contributed by atoms with E-state index in [9.17, 15) is 13.2 Å². The number of rotatable bonds is 5. The number of carbonyl (C=O) groups is 1. The van der Waals surface area contributed by atoms with Crippen LogP contribution in [0.5, 0.6) is 0 Å². The molecule has 0 rings (SSSR count). The lowest BCUT2D eigenvalue weighted by Gasteiger charge is -2.16. The summed E-state index contributed by atoms with van der Waals surface area (Å²) in [5.41, 5.74) is 5.08. The van der Waals surface area contributed by atoms with Crippen LogP contribution in [0.1, 0.15) is 0 Å². The summed E-state index contributed by atoms with van der Waals surface area (Å²) in [6.45, 7) is 0. The molecule has 78 valence electrons. The van der Waals surface area contributed by atoms with Gasteiger partial charge in [0.1, 0.15) is 11.3 Å². The Morgan fingerprint density at radius 3 is 2.31 bits per heavy atom. The summed E-state index contributed by atoms with van der Waals surface area (Å²) in [6.07, 6.45) is 1.59. The van der Waals surface area contributed by atoms with Crippen LogP contribution in [0.25, 0.3) is 0 Å². The maximum Gasteiger partial charge on any atom is 0.321 e. The highest BCUT2D eigenvalue weighted by atomic mass is 32.2. The van der Waals surface area contributed by atoms with E-state index in [2.05, 4.69) is 0 Å². The second-order valence-corrected chi connectivity index (χ2v) is 4.92. The van der Waals surface area contributed by atoms with Gasteiger partial charge in [0.15, 0.2) is 0 Å². The van der Waals surface area contributed by atoms with Crippen LogP contribution in [0.4, 0.5) is 0 Å². The number of aliphatic carboxylic acids is 1. The molecule has 0 radical (unpaired) electrons. The van der Waals surface area contributed by atoms with E-state index in [1.807, 2.05) is 0 Å². The lowest BCUT2D eigenvalue weighted by molar-refractivity contribution is -0.138. The first-order valence-electron chi connectivity index (χ1n) is 3.24. The van der Waals surface area contributed by atoms with Gasteiger partial charge in [-0.25, -0.2) is 0 Å². The van der Waals surface area contributed by atoms with Crippen molar-refractivity contribution in [1.29, 1.82) is 0 Å². The van der Waals surface area contributed by atoms with Crippen molar-refractivity contribution in [2.24, 2.45) is 5.73 Å². The number of nitrogens with two attached hydrogens (primary N) is 1. The van der Waals surface area contributed by atoms with Gasteiger partial charge in [0.05, 0.1) is 0 Å². The summed E-state index contributed by atoms with van der Waals surface area (Å²) in [4.78, 5) is 10.4. The molecule has 0 aliphatic heterocycles. The Kier molecular flexibility index (Phi) is 4.68. The summed E-state index contributed by atoms with van der Waals surface area (Å²) in [7, 11) is -4.40. The Morgan fingerprint density at radius 1 is 1.62 bits per heavy atom. The Bertz CT molecular complexity index is 275. The van der Waals surface area contributed by atoms with E-state index in [-0.39, 0.29) is 5.75 Å². The average Bonchev–Trinajstić information content (AvgIpc) is 1.96. The standard InChI is InChI=1S/C5H11NO5S2/c1-12-2-3(13(9,10)11)4(6)5(7)8/h3-4H,2,6H2,1H3,(H,7,8)(H,9,10,11). The van der Waals surface area contributed by atoms with Crippen molar-refractivity contribution >= 4 is 27.8 Å². The highest BCUT2D eigenvalue weighted by Crippen LogP contribution is 2.09. The van der Waals surface area contributed by atoms with E-state index >= 15 is 0 Å². The van der Waals surface area contributed by atoms with Crippen LogP contribution in [-0.4, -0.2) is 47.3 Å². The van der Waals surface area contributed by atoms with E-state index < -0.39 is 27.4 Å². The molecule has 0 aromatic rings. The fraction of sp³-hybridized carbons (Fsp3) is 0.800. The van der Waals surface area contributed by atoms with Crippen molar-refractivity contribution in [3.63, 3.8) is 0 Å². The topological polar surface area (TPSA) is 118 Å². The lowest BCUT2D eigenvalue weighted by Crippen LogP contribution is -2.47. The molecule has 2 atom stereocenters. The van der Waals surface area contributed by atoms with Crippen molar-refractivity contribution < 1.29 is 22.9 Å². The van der Waals surface area contributed by atoms with Gasteiger partial charge in [-0.2, -0.15) is 20.2 Å². The molecule has 0 aliphatic carbocycles. The quantitative estimate of drug-likeness (QED) is 0.518. The van der Waals surface area contributed by atoms with Gasteiger partial charge in [-0.3, -0.25) is 9.35 Å². The van der Waals surface area contributed by atoms with Gasteiger partial charge in [-0.15, -0.1) is 0 Å². The van der Waals surface area contributed by atoms with E-state index in [4.69, 9.17) is 15.4 Å². The van der Waals surface area contributed by atoms with E-state index in [1.54, 1.807) is 6.26 Å². The van der Waals surface area contributed by atoms with Gasteiger partial charge in [0, 0.05) is 5.75 Å². The summed E-state index contributed by atoms with van der Waals surface area (Å²) < 4.78 is 30.0. The monoisotopic (exact) mass is 229 g/mol. The molecule has 0 aromatic carbocycles. The van der Waals surface area contributed by atoms with Crippen LogP contribution >= 0.6 is 11.8 Å². The fourth-order valence-electron chi connectivity index (χ4n) is 0.698. The minimum Gasteiger partial charge on any atom is -0.480 e. The van der Waals surface area contributed by atoms with Gasteiger partial charge >= 0.3 is 5.97 Å². The number of hydrogen-bond acceptors (Lipinski definition) is 5. The zero-order chi connectivity index (χ0) is 10.6. The van der Waals surface area contributed by atoms with Crippen LogP contribution in [0.2, 0.25) is 0 Å². The minimum absolute atomic E-state index is 0.0493. The van der Waals surface area contributed by atoms with Gasteiger partial charge in [0.2, 0.25) is 0 Å². The minimum atomic E-state index is -4.40. The number of carboxylic acids is 1. The van der Waals surface area contributed by atoms with Gasteiger partial charge in [-0.1, -0.05) is 0 Å². The molecular weight excluding hydrogens is 218 g/mol. The van der Waals surface area contributed by atoms with Gasteiger partial charge in [0.25, 0.3) is 10.1 Å². The fourth-order valence-corrected chi connectivity index (χ4v) is 2.82. The first-order chi connectivity index (χ1) is 5.80. The molecule has 0 aliphatic rings. The summed E-state index contributed by atoms with van der Waals surface area (Å²) >= 11 is 1.10. The van der Waals surface area contributed by atoms with E-state index in [0.29, 0.717) is 0 Å². The average molecular weight is 229 g/mol. The van der Waals surface area contributed by atoms with Crippen molar-refractivity contribution in [1.82, 2.24) is 0 Å². The van der Waals surface area contributed by atoms with Crippen molar-refractivity contribution in [3.05, 3.63) is 0 Å². The highest BCUT2D eigenvalue weighted by Gasteiger charge is 2.33. The predicted octanol–water partition coefficient (Wildman–Crippen LogP) is -0.982. The molecular formula is C5H11NO5S2. The zero-order valence-electron chi connectivity index (χ0n) is 6.87. The normalized spacial score (nSPS) is 16.5. The molecule has 13 heavy (non-hydrogen) atoms. The summed E-state index contributed by atoms with van der Waals surface area (Å²) in [5.74, 6) is -1.50. The van der Waals surface area contributed by atoms with Crippen LogP contribution in [0.3, 0.4) is 0 Å². The second kappa shape index (κ2) is 4.80. The van der Waals surface area contributed by atoms with Crippen LogP contribution in [-0.2, 0) is 14.9 Å². The molecule has 0 saturated carbocycles. The lowest BCUT2D eigenvalue weighted by atomic mass is 10.2. The van der Waals surface area contributed by atoms with Gasteiger partial charge in [-0.05, 0) is 6.26 Å². The third-order valence-electron chi connectivity index (χ3n) is 1.40. The Morgan fingerprint density at radius 2 is 2.08 bits per heavy atom. The molecule has 6 nitrogen and oxygen atoms in total. The Hall–Kier alpha value is -0.310. The Labute approximate surface area is 80.2 Å². The number of hydrogen-bond donors (Lipinski definition) is 3. The van der Waals surface area contributed by atoms with Crippen LogP contribution < -0.4 is 5.73 Å². The summed E-state index contributed by atoms with van der Waals surface area (Å²) in [6, 6.07) is -1.59. The van der Waals surface area contributed by atoms with Crippen LogP contribution in [0.15, 0.2) is 0 Å². The molecule has 0 bridgehead atoms. The molecule has 0 heterocycles. The van der Waals surface area contributed by atoms with Gasteiger partial charge < -0.3 is 10.8 Å². The molecule has 0 fully saturated rings. The first-order valence-corrected chi connectivity index (χ1v) is 6.14.